The molecule has 1 aliphatic carbocycles. The first-order valence-electron chi connectivity index (χ1n) is 12.0. The molecule has 0 saturated carbocycles. The number of ether oxygens (including phenoxy) is 1. The number of hydrogen-bond donors (Lipinski definition) is 2. The van der Waals surface area contributed by atoms with Crippen LogP contribution in [-0.4, -0.2) is 34.8 Å². The van der Waals surface area contributed by atoms with Crippen LogP contribution in [0.15, 0.2) is 80.0 Å². The second-order valence-corrected chi connectivity index (χ2v) is 11.9. The van der Waals surface area contributed by atoms with E-state index in [0.29, 0.717) is 45.7 Å². The lowest BCUT2D eigenvalue weighted by Crippen LogP contribution is -2.38. The van der Waals surface area contributed by atoms with Gasteiger partial charge in [-0.15, -0.1) is 10.2 Å². The van der Waals surface area contributed by atoms with Crippen LogP contribution in [0.2, 0.25) is 0 Å². The molecule has 5 rings (SSSR count). The van der Waals surface area contributed by atoms with E-state index in [0.717, 1.165) is 15.7 Å². The number of nitrogens with one attached hydrogen (secondary N) is 1. The summed E-state index contributed by atoms with van der Waals surface area (Å²) in [7, 11) is 1.58. The van der Waals surface area contributed by atoms with E-state index in [1.807, 2.05) is 36.4 Å². The summed E-state index contributed by atoms with van der Waals surface area (Å²) in [6.45, 7) is 0. The van der Waals surface area contributed by atoms with Gasteiger partial charge in [-0.2, -0.15) is 5.26 Å². The number of benzene rings is 2. The van der Waals surface area contributed by atoms with Gasteiger partial charge in [0.1, 0.15) is 11.6 Å². The van der Waals surface area contributed by atoms with Gasteiger partial charge in [0.25, 0.3) is 0 Å². The molecule has 1 aliphatic heterocycles. The molecule has 1 unspecified atom stereocenters. The summed E-state index contributed by atoms with van der Waals surface area (Å²) < 4.78 is 6.71. The molecule has 3 N–H and O–H groups in total. The van der Waals surface area contributed by atoms with Crippen LogP contribution < -0.4 is 20.7 Å². The van der Waals surface area contributed by atoms with Gasteiger partial charge in [-0.1, -0.05) is 57.2 Å². The zero-order valence-corrected chi connectivity index (χ0v) is 24.0. The average Bonchev–Trinajstić information content (AvgIpc) is 3.40. The fraction of sp³-hybridized carbons (Fsp3) is 0.222. The van der Waals surface area contributed by atoms with Crippen LogP contribution in [0.1, 0.15) is 30.7 Å². The van der Waals surface area contributed by atoms with Gasteiger partial charge in [-0.25, -0.2) is 0 Å². The van der Waals surface area contributed by atoms with E-state index in [9.17, 15) is 14.9 Å². The number of halogens is 1. The third kappa shape index (κ3) is 5.56. The van der Waals surface area contributed by atoms with Gasteiger partial charge in [-0.05, 0) is 48.7 Å². The molecule has 0 spiro atoms. The Bertz CT molecular complexity index is 1540. The van der Waals surface area contributed by atoms with Crippen molar-refractivity contribution >= 4 is 61.5 Å². The Hall–Kier alpha value is -3.66. The van der Waals surface area contributed by atoms with Crippen molar-refractivity contribution in [3.8, 4) is 11.8 Å². The Kier molecular flexibility index (Phi) is 8.02. The third-order valence-electron chi connectivity index (χ3n) is 6.38. The van der Waals surface area contributed by atoms with Crippen LogP contribution >= 0.6 is 39.0 Å². The highest BCUT2D eigenvalue weighted by Gasteiger charge is 2.41. The number of rotatable bonds is 7. The summed E-state index contributed by atoms with van der Waals surface area (Å²) in [5.74, 6) is 0.298. The van der Waals surface area contributed by atoms with E-state index in [1.54, 1.807) is 24.1 Å². The molecule has 1 atom stereocenters. The number of carbonyl (C=O) groups excluding carboxylic acids is 2. The van der Waals surface area contributed by atoms with Crippen LogP contribution in [0.4, 0.5) is 10.8 Å². The minimum atomic E-state index is -0.566. The third-order valence-corrected chi connectivity index (χ3v) is 8.92. The fourth-order valence-corrected chi connectivity index (χ4v) is 6.76. The van der Waals surface area contributed by atoms with Gasteiger partial charge >= 0.3 is 0 Å². The second kappa shape index (κ2) is 11.6. The Morgan fingerprint density at radius 1 is 1.28 bits per heavy atom. The summed E-state index contributed by atoms with van der Waals surface area (Å²) in [5, 5.41) is 22.0. The molecule has 2 heterocycles. The van der Waals surface area contributed by atoms with Gasteiger partial charge in [0.2, 0.25) is 11.0 Å². The number of nitrogens with zero attached hydrogens (tertiary/aromatic N) is 4. The number of methoxy groups -OCH3 is 1. The smallest absolute Gasteiger partial charge is 0.234 e. The lowest BCUT2D eigenvalue weighted by Gasteiger charge is -2.38. The van der Waals surface area contributed by atoms with Gasteiger partial charge in [0, 0.05) is 27.9 Å². The number of thioether (sulfide) groups is 1. The van der Waals surface area contributed by atoms with Crippen LogP contribution in [0, 0.1) is 11.3 Å². The van der Waals surface area contributed by atoms with Crippen molar-refractivity contribution in [2.75, 3.05) is 23.1 Å². The number of ketones is 1. The molecule has 0 saturated heterocycles. The number of nitrogens with two attached hydrogens (primary N) is 1. The maximum atomic E-state index is 13.3. The first-order valence-corrected chi connectivity index (χ1v) is 14.6. The normalized spacial score (nSPS) is 17.1. The molecule has 2 aromatic carbocycles. The molecule has 198 valence electrons. The minimum Gasteiger partial charge on any atom is -0.497 e. The summed E-state index contributed by atoms with van der Waals surface area (Å²) in [6, 6.07) is 16.9. The van der Waals surface area contributed by atoms with Crippen molar-refractivity contribution in [3.63, 3.8) is 0 Å². The molecule has 0 fully saturated rings. The number of allylic oxidation sites excluding steroid dienone is 3. The number of amides is 1. The Labute approximate surface area is 241 Å². The van der Waals surface area contributed by atoms with E-state index in [1.165, 1.54) is 23.1 Å². The Morgan fingerprint density at radius 3 is 2.79 bits per heavy atom. The van der Waals surface area contributed by atoms with Crippen molar-refractivity contribution < 1.29 is 14.3 Å². The Balaban J connectivity index is 1.42. The molecule has 9 nitrogen and oxygen atoms in total. The zero-order chi connectivity index (χ0) is 27.5. The zero-order valence-electron chi connectivity index (χ0n) is 20.8. The van der Waals surface area contributed by atoms with E-state index in [4.69, 9.17) is 10.5 Å². The van der Waals surface area contributed by atoms with E-state index in [2.05, 4.69) is 37.5 Å². The standard InChI is InChI=1S/C27H23BrN6O3S2/c1-37-18-10-8-15(9-11-18)23-19(13-29)25(30)34(20-6-3-7-21(35)24(20)23)26-32-33-27(39-26)38-14-22(36)31-17-5-2-4-16(28)12-17/h2,4-5,8-12,23H,3,6-7,14,30H2,1H3,(H,31,36). The maximum absolute atomic E-state index is 13.3. The monoisotopic (exact) mass is 622 g/mol. The largest absolute Gasteiger partial charge is 0.497 e. The molecule has 0 bridgehead atoms. The molecule has 12 heteroatoms. The Morgan fingerprint density at radius 2 is 2.08 bits per heavy atom. The number of Topliss-reactive ketones (excluding diaryl/α,β-unsaturated/α-hetero) is 1. The van der Waals surface area contributed by atoms with E-state index >= 15 is 0 Å². The molecule has 1 amide bonds. The second-order valence-electron chi connectivity index (χ2n) is 8.79. The number of aromatic nitrogens is 2. The van der Waals surface area contributed by atoms with Crippen LogP contribution in [0.25, 0.3) is 0 Å². The van der Waals surface area contributed by atoms with Crippen LogP contribution in [-0.2, 0) is 9.59 Å². The number of hydrogen-bond acceptors (Lipinski definition) is 10. The molecule has 39 heavy (non-hydrogen) atoms. The lowest BCUT2D eigenvalue weighted by molar-refractivity contribution is -0.116. The van der Waals surface area contributed by atoms with Crippen molar-refractivity contribution in [2.24, 2.45) is 5.73 Å². The number of anilines is 2. The SMILES string of the molecule is COc1ccc(C2C(C#N)=C(N)N(c3nnc(SCC(=O)Nc4cccc(Br)c4)s3)C3=C2C(=O)CCC3)cc1. The average molecular weight is 624 g/mol. The molecule has 3 aromatic rings. The summed E-state index contributed by atoms with van der Waals surface area (Å²) >= 11 is 5.90. The van der Waals surface area contributed by atoms with Gasteiger partial charge in [0.15, 0.2) is 10.1 Å². The topological polar surface area (TPSA) is 134 Å². The first-order chi connectivity index (χ1) is 18.9. The summed E-state index contributed by atoms with van der Waals surface area (Å²) in [4.78, 5) is 27.4. The summed E-state index contributed by atoms with van der Waals surface area (Å²) in [5.41, 5.74) is 9.68. The predicted molar refractivity (Wildman–Crippen MR) is 154 cm³/mol. The van der Waals surface area contributed by atoms with E-state index in [-0.39, 0.29) is 28.8 Å². The lowest BCUT2D eigenvalue weighted by atomic mass is 9.76. The minimum absolute atomic E-state index is 0.00866. The molecule has 2 aliphatic rings. The fourth-order valence-electron chi connectivity index (χ4n) is 4.68. The maximum Gasteiger partial charge on any atom is 0.234 e. The summed E-state index contributed by atoms with van der Waals surface area (Å²) in [6.07, 6.45) is 1.70. The molecular formula is C27H23BrN6O3S2. The quantitative estimate of drug-likeness (QED) is 0.334. The molecule has 1 aromatic heterocycles. The first kappa shape index (κ1) is 26.9. The highest BCUT2D eigenvalue weighted by Crippen LogP contribution is 2.47. The van der Waals surface area contributed by atoms with Gasteiger partial charge < -0.3 is 15.8 Å². The highest BCUT2D eigenvalue weighted by molar-refractivity contribution is 9.10. The van der Waals surface area contributed by atoms with Crippen molar-refractivity contribution in [1.82, 2.24) is 10.2 Å². The number of carbonyl (C=O) groups is 2. The van der Waals surface area contributed by atoms with Crippen molar-refractivity contribution in [2.45, 2.75) is 29.5 Å². The van der Waals surface area contributed by atoms with Crippen molar-refractivity contribution in [3.05, 3.63) is 81.2 Å². The molecule has 0 radical (unpaired) electrons. The van der Waals surface area contributed by atoms with Crippen LogP contribution in [0.5, 0.6) is 5.75 Å². The number of nitriles is 1. The van der Waals surface area contributed by atoms with Gasteiger partial charge in [-0.3, -0.25) is 14.5 Å². The molecular weight excluding hydrogens is 600 g/mol. The van der Waals surface area contributed by atoms with Crippen LogP contribution in [0.3, 0.4) is 0 Å². The highest BCUT2D eigenvalue weighted by atomic mass is 79.9. The van der Waals surface area contributed by atoms with Crippen molar-refractivity contribution in [1.29, 1.82) is 5.26 Å². The predicted octanol–water partition coefficient (Wildman–Crippen LogP) is 5.34. The van der Waals surface area contributed by atoms with E-state index < -0.39 is 5.92 Å². The van der Waals surface area contributed by atoms with Gasteiger partial charge in [0.05, 0.1) is 30.4 Å².